The summed E-state index contributed by atoms with van der Waals surface area (Å²) in [5.74, 6) is -0.880. The van der Waals surface area contributed by atoms with E-state index in [9.17, 15) is 31.9 Å². The second-order valence-electron chi connectivity index (χ2n) is 7.51. The summed E-state index contributed by atoms with van der Waals surface area (Å²) in [7, 11) is 0. The third-order valence-electron chi connectivity index (χ3n) is 4.97. The van der Waals surface area contributed by atoms with E-state index in [0.717, 1.165) is 23.5 Å². The molecule has 1 unspecified atom stereocenters. The Morgan fingerprint density at radius 3 is 2.61 bits per heavy atom. The fraction of sp³-hybridized carbons (Fsp3) is 0.300. The van der Waals surface area contributed by atoms with Crippen LogP contribution in [0.1, 0.15) is 28.5 Å². The van der Waals surface area contributed by atoms with Crippen LogP contribution < -0.4 is 9.64 Å². The first kappa shape index (κ1) is 22.6. The molecule has 1 amide bonds. The number of carbonyl (C=O) groups is 1. The number of fused-ring (bicyclic) bond motifs is 1. The Morgan fingerprint density at radius 1 is 1.21 bits per heavy atom. The molecule has 13 heteroatoms. The van der Waals surface area contributed by atoms with Crippen LogP contribution in [0.5, 0.6) is 5.75 Å². The summed E-state index contributed by atoms with van der Waals surface area (Å²) in [6, 6.07) is 2.78. The van der Waals surface area contributed by atoms with Crippen LogP contribution in [-0.2, 0) is 12.3 Å². The van der Waals surface area contributed by atoms with E-state index in [-0.39, 0.29) is 28.4 Å². The number of aromatic nitrogens is 4. The Hall–Kier alpha value is -3.61. The van der Waals surface area contributed by atoms with Gasteiger partial charge in [0.2, 0.25) is 0 Å². The number of hydrogen-bond acceptors (Lipinski definition) is 6. The number of alkyl halides is 5. The number of aliphatic hydroxyl groups is 1. The lowest BCUT2D eigenvalue weighted by Crippen LogP contribution is -2.41. The largest absolute Gasteiger partial charge is 0.433 e. The fourth-order valence-electron chi connectivity index (χ4n) is 3.68. The number of anilines is 1. The number of halogens is 5. The Morgan fingerprint density at radius 2 is 1.94 bits per heavy atom. The second-order valence-corrected chi connectivity index (χ2v) is 7.51. The molecule has 0 saturated carbocycles. The minimum Gasteiger partial charge on any atom is -0.433 e. The van der Waals surface area contributed by atoms with Crippen molar-refractivity contribution in [3.63, 3.8) is 0 Å². The molecule has 0 radical (unpaired) electrons. The molecule has 8 nitrogen and oxygen atoms in total. The van der Waals surface area contributed by atoms with Gasteiger partial charge < -0.3 is 9.84 Å². The van der Waals surface area contributed by atoms with Gasteiger partial charge in [-0.2, -0.15) is 27.1 Å². The first-order valence-corrected chi connectivity index (χ1v) is 9.45. The van der Waals surface area contributed by atoms with Crippen molar-refractivity contribution in [2.45, 2.75) is 38.9 Å². The molecule has 0 spiro atoms. The number of amides is 1. The van der Waals surface area contributed by atoms with Crippen LogP contribution >= 0.6 is 0 Å². The summed E-state index contributed by atoms with van der Waals surface area (Å²) in [4.78, 5) is 22.2. The molecule has 0 aliphatic carbocycles. The van der Waals surface area contributed by atoms with Crippen LogP contribution in [0.3, 0.4) is 0 Å². The summed E-state index contributed by atoms with van der Waals surface area (Å²) in [5, 5.41) is 14.8. The topological polar surface area (TPSA) is 93.4 Å². The zero-order valence-corrected chi connectivity index (χ0v) is 17.1. The normalized spacial score (nSPS) is 18.2. The summed E-state index contributed by atoms with van der Waals surface area (Å²) in [5.41, 5.74) is -1.14. The number of aryl methyl sites for hydroxylation is 1. The highest BCUT2D eigenvalue weighted by molar-refractivity contribution is 6.12. The molecule has 4 rings (SSSR count). The van der Waals surface area contributed by atoms with Gasteiger partial charge in [0.25, 0.3) is 5.91 Å². The van der Waals surface area contributed by atoms with Crippen LogP contribution in [0.2, 0.25) is 0 Å². The van der Waals surface area contributed by atoms with Crippen LogP contribution in [0.25, 0.3) is 11.3 Å². The standard InChI is InChI=1S/C20H16F5N5O3/c1-10-3-14(11-4-13(7-26-5-11)33-18(21)22)28-16-15(10)17(31)30(19(16,2)32)12-6-27-29(8-12)9-20(23,24)25/h3-8,18,32H,9H2,1-2H3. The van der Waals surface area contributed by atoms with Crippen molar-refractivity contribution in [3.05, 3.63) is 53.7 Å². The number of carbonyl (C=O) groups excluding carboxylic acids is 1. The monoisotopic (exact) mass is 469 g/mol. The van der Waals surface area contributed by atoms with Crippen molar-refractivity contribution in [2.24, 2.45) is 0 Å². The van der Waals surface area contributed by atoms with Gasteiger partial charge in [0, 0.05) is 18.0 Å². The van der Waals surface area contributed by atoms with Crippen LogP contribution in [0.4, 0.5) is 27.6 Å². The molecule has 3 aromatic heterocycles. The minimum atomic E-state index is -4.52. The summed E-state index contributed by atoms with van der Waals surface area (Å²) in [6.07, 6.45) is -0.0490. The van der Waals surface area contributed by atoms with Gasteiger partial charge in [-0.15, -0.1) is 0 Å². The van der Waals surface area contributed by atoms with Crippen molar-refractivity contribution in [1.82, 2.24) is 19.7 Å². The number of pyridine rings is 2. The predicted molar refractivity (Wildman–Crippen MR) is 103 cm³/mol. The summed E-state index contributed by atoms with van der Waals surface area (Å²) in [6.45, 7) is -1.57. The number of rotatable bonds is 5. The molecule has 1 N–H and O–H groups in total. The van der Waals surface area contributed by atoms with E-state index in [4.69, 9.17) is 0 Å². The molecule has 4 heterocycles. The second kappa shape index (κ2) is 7.76. The lowest BCUT2D eigenvalue weighted by Gasteiger charge is -2.28. The van der Waals surface area contributed by atoms with Gasteiger partial charge in [0.1, 0.15) is 18.0 Å². The fourth-order valence-corrected chi connectivity index (χ4v) is 3.68. The van der Waals surface area contributed by atoms with E-state index >= 15 is 0 Å². The molecule has 1 aliphatic rings. The lowest BCUT2D eigenvalue weighted by molar-refractivity contribution is -0.142. The zero-order chi connectivity index (χ0) is 24.1. The molecule has 0 aromatic carbocycles. The number of ether oxygens (including phenoxy) is 1. The highest BCUT2D eigenvalue weighted by Crippen LogP contribution is 2.41. The van der Waals surface area contributed by atoms with Crippen LogP contribution in [0, 0.1) is 6.92 Å². The van der Waals surface area contributed by atoms with Crippen molar-refractivity contribution in [1.29, 1.82) is 0 Å². The first-order valence-electron chi connectivity index (χ1n) is 9.45. The van der Waals surface area contributed by atoms with E-state index in [0.29, 0.717) is 15.8 Å². The van der Waals surface area contributed by atoms with Gasteiger partial charge in [-0.3, -0.25) is 19.4 Å². The molecule has 1 aliphatic heterocycles. The lowest BCUT2D eigenvalue weighted by atomic mass is 10.0. The smallest absolute Gasteiger partial charge is 0.408 e. The van der Waals surface area contributed by atoms with E-state index in [1.807, 2.05) is 0 Å². The molecular weight excluding hydrogens is 453 g/mol. The maximum absolute atomic E-state index is 13.1. The van der Waals surface area contributed by atoms with Gasteiger partial charge in [0.05, 0.1) is 29.3 Å². The van der Waals surface area contributed by atoms with Gasteiger partial charge in [-0.25, -0.2) is 4.98 Å². The zero-order valence-electron chi connectivity index (χ0n) is 17.1. The molecule has 0 fully saturated rings. The average Bonchev–Trinajstić information content (AvgIpc) is 3.20. The first-order chi connectivity index (χ1) is 15.4. The highest BCUT2D eigenvalue weighted by Gasteiger charge is 2.49. The molecule has 0 saturated heterocycles. The van der Waals surface area contributed by atoms with Gasteiger partial charge in [-0.1, -0.05) is 0 Å². The Labute approximate surface area is 183 Å². The van der Waals surface area contributed by atoms with Crippen LogP contribution in [-0.4, -0.2) is 43.5 Å². The van der Waals surface area contributed by atoms with E-state index in [1.54, 1.807) is 6.92 Å². The van der Waals surface area contributed by atoms with Crippen molar-refractivity contribution in [2.75, 3.05) is 4.90 Å². The summed E-state index contributed by atoms with van der Waals surface area (Å²) < 4.78 is 68.0. The third-order valence-corrected chi connectivity index (χ3v) is 4.97. The van der Waals surface area contributed by atoms with Gasteiger partial charge >= 0.3 is 12.8 Å². The van der Waals surface area contributed by atoms with Gasteiger partial charge in [0.15, 0.2) is 5.72 Å². The van der Waals surface area contributed by atoms with Gasteiger partial charge in [-0.05, 0) is 31.5 Å². The van der Waals surface area contributed by atoms with Crippen LogP contribution in [0.15, 0.2) is 36.9 Å². The molecule has 174 valence electrons. The predicted octanol–water partition coefficient (Wildman–Crippen LogP) is 3.64. The Balaban J connectivity index is 1.74. The maximum atomic E-state index is 13.1. The highest BCUT2D eigenvalue weighted by atomic mass is 19.4. The summed E-state index contributed by atoms with van der Waals surface area (Å²) >= 11 is 0. The van der Waals surface area contributed by atoms with E-state index in [1.165, 1.54) is 25.3 Å². The van der Waals surface area contributed by atoms with E-state index < -0.39 is 31.0 Å². The van der Waals surface area contributed by atoms with Crippen molar-refractivity contribution in [3.8, 4) is 17.0 Å². The quantitative estimate of drug-likeness (QED) is 0.574. The Bertz CT molecular complexity index is 1230. The SMILES string of the molecule is Cc1cc(-c2cncc(OC(F)F)c2)nc2c1C(=O)N(c1cnn(CC(F)(F)F)c1)C2(C)O. The molecule has 33 heavy (non-hydrogen) atoms. The van der Waals surface area contributed by atoms with Crippen molar-refractivity contribution < 1.29 is 36.6 Å². The average molecular weight is 469 g/mol. The number of hydrogen-bond donors (Lipinski definition) is 1. The van der Waals surface area contributed by atoms with E-state index in [2.05, 4.69) is 19.8 Å². The minimum absolute atomic E-state index is 0.0498. The number of nitrogens with zero attached hydrogens (tertiary/aromatic N) is 5. The maximum Gasteiger partial charge on any atom is 0.408 e. The Kier molecular flexibility index (Phi) is 5.31. The molecule has 0 bridgehead atoms. The molecule has 3 aromatic rings. The third kappa shape index (κ3) is 4.23. The molecular formula is C20H16F5N5O3. The molecule has 1 atom stereocenters. The van der Waals surface area contributed by atoms with Crippen molar-refractivity contribution >= 4 is 11.6 Å².